The minimum Gasteiger partial charge on any atom is -0.493 e. The summed E-state index contributed by atoms with van der Waals surface area (Å²) < 4.78 is 5.53. The van der Waals surface area contributed by atoms with Crippen molar-refractivity contribution >= 4 is 34.2 Å². The van der Waals surface area contributed by atoms with Gasteiger partial charge in [0.2, 0.25) is 0 Å². The quantitative estimate of drug-likeness (QED) is 0.505. The van der Waals surface area contributed by atoms with Gasteiger partial charge in [0, 0.05) is 19.6 Å². The van der Waals surface area contributed by atoms with Crippen LogP contribution < -0.4 is 11.1 Å². The lowest BCUT2D eigenvalue weighted by Crippen LogP contribution is -2.41. The molecule has 0 radical (unpaired) electrons. The number of fused-ring (bicyclic) bond motifs is 1. The van der Waals surface area contributed by atoms with Gasteiger partial charge in [0.05, 0.1) is 29.0 Å². The molecule has 0 spiro atoms. The largest absolute Gasteiger partial charge is 0.493 e. The molecule has 186 valence electrons. The molecule has 0 aromatic carbocycles. The summed E-state index contributed by atoms with van der Waals surface area (Å²) >= 11 is 0. The monoisotopic (exact) mass is 471 g/mol. The molecule has 4 N–H and O–H groups in total. The predicted octanol–water partition coefficient (Wildman–Crippen LogP) is 2.78. The molecule has 0 atom stereocenters. The highest BCUT2D eigenvalue weighted by atomic mass is 16.5. The van der Waals surface area contributed by atoms with E-state index in [1.807, 2.05) is 20.8 Å². The lowest BCUT2D eigenvalue weighted by atomic mass is 10.2. The van der Waals surface area contributed by atoms with Crippen molar-refractivity contribution in [1.82, 2.24) is 25.0 Å². The second kappa shape index (κ2) is 13.3. The Balaban J connectivity index is 0.000000287. The first-order chi connectivity index (χ1) is 16.2. The number of hydrogen-bond acceptors (Lipinski definition) is 7. The number of amides is 2. The topological polar surface area (TPSA) is 129 Å². The molecule has 2 aromatic heterocycles. The third-order valence-corrected chi connectivity index (χ3v) is 4.98. The van der Waals surface area contributed by atoms with Gasteiger partial charge in [-0.05, 0) is 51.9 Å². The van der Waals surface area contributed by atoms with Gasteiger partial charge in [-0.15, -0.1) is 0 Å². The van der Waals surface area contributed by atoms with Gasteiger partial charge in [-0.1, -0.05) is 19.9 Å². The molecule has 3 rings (SSSR count). The molecular weight excluding hydrogens is 434 g/mol. The number of carbonyl (C=O) groups excluding carboxylic acids is 2. The van der Waals surface area contributed by atoms with Crippen molar-refractivity contribution in [3.63, 3.8) is 0 Å². The molecule has 0 fully saturated rings. The smallest absolute Gasteiger partial charge is 0.314 e. The van der Waals surface area contributed by atoms with Gasteiger partial charge in [-0.25, -0.2) is 4.98 Å². The summed E-state index contributed by atoms with van der Waals surface area (Å²) in [5.41, 5.74) is 6.64. The van der Waals surface area contributed by atoms with Crippen LogP contribution in [0.1, 0.15) is 33.6 Å². The van der Waals surface area contributed by atoms with Gasteiger partial charge < -0.3 is 25.6 Å². The fourth-order valence-corrected chi connectivity index (χ4v) is 3.21. The molecule has 0 saturated heterocycles. The first-order valence-electron chi connectivity index (χ1n) is 11.5. The van der Waals surface area contributed by atoms with Crippen LogP contribution in [0.2, 0.25) is 0 Å². The van der Waals surface area contributed by atoms with Gasteiger partial charge in [0.15, 0.2) is 0 Å². The molecule has 34 heavy (non-hydrogen) atoms. The zero-order chi connectivity index (χ0) is 25.1. The number of nitrogens with two attached hydrogens (primary N) is 1. The summed E-state index contributed by atoms with van der Waals surface area (Å²) in [7, 11) is 4.10. The molecule has 2 aromatic rings. The molecular formula is C24H37N7O3. The number of hydrogen-bond donors (Lipinski definition) is 3. The standard InChI is InChI=1S/C14H20N6O2.C10H17NO/c1-4-20(7-8(2)3)14(22)13(21)18-10-6-16-12(15)9-5-17-19-11(9)10;1-11(2)8-9-12-10-6-4-3-5-7-10/h5-6,8H,4,7H2,1-3H3,(H2,15,16)(H,17,19)(H,18,21);4,6-7H,3,5,8-9H2,1-2H3. The van der Waals surface area contributed by atoms with Crippen LogP contribution in [0.3, 0.4) is 0 Å². The number of carbonyl (C=O) groups is 2. The van der Waals surface area contributed by atoms with Gasteiger partial charge >= 0.3 is 11.8 Å². The number of nitrogens with zero attached hydrogens (tertiary/aromatic N) is 4. The maximum Gasteiger partial charge on any atom is 0.314 e. The molecule has 2 amide bonds. The number of aromatic nitrogens is 3. The summed E-state index contributed by atoms with van der Waals surface area (Å²) in [6.07, 6.45) is 11.6. The SMILES string of the molecule is CCN(CC(C)C)C(=O)C(=O)Nc1cnc(N)c2cn[nH]c12.CN(C)CCOC1=CCCC=C1. The molecule has 10 nitrogen and oxygen atoms in total. The highest BCUT2D eigenvalue weighted by Gasteiger charge is 2.22. The van der Waals surface area contributed by atoms with Crippen molar-refractivity contribution < 1.29 is 14.3 Å². The fraction of sp³-hybridized carbons (Fsp3) is 0.500. The van der Waals surface area contributed by atoms with Crippen LogP contribution >= 0.6 is 0 Å². The Morgan fingerprint density at radius 3 is 2.65 bits per heavy atom. The van der Waals surface area contributed by atoms with Crippen LogP contribution in [0, 0.1) is 5.92 Å². The van der Waals surface area contributed by atoms with E-state index < -0.39 is 11.8 Å². The van der Waals surface area contributed by atoms with Crippen molar-refractivity contribution in [2.24, 2.45) is 5.92 Å². The molecule has 0 bridgehead atoms. The van der Waals surface area contributed by atoms with Crippen molar-refractivity contribution in [2.75, 3.05) is 51.4 Å². The summed E-state index contributed by atoms with van der Waals surface area (Å²) in [6.45, 7) is 8.59. The van der Waals surface area contributed by atoms with Gasteiger partial charge in [0.25, 0.3) is 0 Å². The van der Waals surface area contributed by atoms with E-state index in [0.717, 1.165) is 31.8 Å². The third kappa shape index (κ3) is 8.18. The number of nitrogen functional groups attached to an aromatic ring is 1. The van der Waals surface area contributed by atoms with Gasteiger partial charge in [-0.3, -0.25) is 14.7 Å². The lowest BCUT2D eigenvalue weighted by Gasteiger charge is -2.22. The Morgan fingerprint density at radius 1 is 1.26 bits per heavy atom. The maximum absolute atomic E-state index is 12.2. The molecule has 10 heteroatoms. The minimum absolute atomic E-state index is 0.286. The van der Waals surface area contributed by atoms with E-state index in [1.165, 1.54) is 17.3 Å². The average Bonchev–Trinajstić information content (AvgIpc) is 3.31. The molecule has 1 aliphatic rings. The van der Waals surface area contributed by atoms with E-state index in [2.05, 4.69) is 57.7 Å². The summed E-state index contributed by atoms with van der Waals surface area (Å²) in [5, 5.41) is 9.78. The van der Waals surface area contributed by atoms with Crippen molar-refractivity contribution in [1.29, 1.82) is 0 Å². The maximum atomic E-state index is 12.2. The van der Waals surface area contributed by atoms with Crippen molar-refractivity contribution in [3.05, 3.63) is 36.4 Å². The number of allylic oxidation sites excluding steroid dienone is 3. The Bertz CT molecular complexity index is 1010. The Morgan fingerprint density at radius 2 is 2.03 bits per heavy atom. The number of H-pyrrole nitrogens is 1. The third-order valence-electron chi connectivity index (χ3n) is 4.98. The van der Waals surface area contributed by atoms with Crippen LogP contribution in [-0.4, -0.2) is 77.1 Å². The molecule has 0 saturated carbocycles. The number of aromatic amines is 1. The van der Waals surface area contributed by atoms with Crippen LogP contribution in [-0.2, 0) is 14.3 Å². The van der Waals surface area contributed by atoms with Gasteiger partial charge in [-0.2, -0.15) is 5.10 Å². The number of anilines is 2. The lowest BCUT2D eigenvalue weighted by molar-refractivity contribution is -0.143. The summed E-state index contributed by atoms with van der Waals surface area (Å²) in [4.78, 5) is 32.0. The first kappa shape index (κ1) is 26.8. The van der Waals surface area contributed by atoms with E-state index in [9.17, 15) is 9.59 Å². The van der Waals surface area contributed by atoms with Crippen LogP contribution in [0.15, 0.2) is 36.4 Å². The average molecular weight is 472 g/mol. The molecule has 2 heterocycles. The van der Waals surface area contributed by atoms with Crippen molar-refractivity contribution in [3.8, 4) is 0 Å². The molecule has 1 aliphatic carbocycles. The van der Waals surface area contributed by atoms with E-state index in [4.69, 9.17) is 10.5 Å². The van der Waals surface area contributed by atoms with E-state index in [-0.39, 0.29) is 5.92 Å². The van der Waals surface area contributed by atoms with E-state index in [0.29, 0.717) is 35.5 Å². The zero-order valence-corrected chi connectivity index (χ0v) is 20.8. The second-order valence-corrected chi connectivity index (χ2v) is 8.65. The van der Waals surface area contributed by atoms with Gasteiger partial charge in [0.1, 0.15) is 18.2 Å². The minimum atomic E-state index is -0.704. The number of likely N-dealkylation sites (N-methyl/N-ethyl adjacent to an activating group) is 2. The first-order valence-corrected chi connectivity index (χ1v) is 11.5. The number of pyridine rings is 1. The zero-order valence-electron chi connectivity index (χ0n) is 20.8. The normalized spacial score (nSPS) is 12.9. The highest BCUT2D eigenvalue weighted by molar-refractivity contribution is 6.40. The number of ether oxygens (including phenoxy) is 1. The van der Waals surface area contributed by atoms with Crippen LogP contribution in [0.25, 0.3) is 10.9 Å². The Kier molecular flexibility index (Phi) is 10.5. The predicted molar refractivity (Wildman–Crippen MR) is 135 cm³/mol. The molecule has 0 unspecified atom stereocenters. The van der Waals surface area contributed by atoms with Crippen LogP contribution in [0.5, 0.6) is 0 Å². The summed E-state index contributed by atoms with van der Waals surface area (Å²) in [5.74, 6) is 0.353. The van der Waals surface area contributed by atoms with E-state index >= 15 is 0 Å². The highest BCUT2D eigenvalue weighted by Crippen LogP contribution is 2.23. The van der Waals surface area contributed by atoms with E-state index in [1.54, 1.807) is 0 Å². The number of nitrogens with one attached hydrogen (secondary N) is 2. The molecule has 0 aliphatic heterocycles. The summed E-state index contributed by atoms with van der Waals surface area (Å²) in [6, 6.07) is 0. The second-order valence-electron chi connectivity index (χ2n) is 8.65. The van der Waals surface area contributed by atoms with Crippen molar-refractivity contribution in [2.45, 2.75) is 33.6 Å². The van der Waals surface area contributed by atoms with Crippen LogP contribution in [0.4, 0.5) is 11.5 Å². The number of rotatable bonds is 8. The Hall–Kier alpha value is -3.40. The fourth-order valence-electron chi connectivity index (χ4n) is 3.21. The Labute approximate surface area is 201 Å².